The molecule has 2 N–H and O–H groups in total. The van der Waals surface area contributed by atoms with Crippen molar-refractivity contribution in [3.8, 4) is 5.69 Å². The number of rotatable bonds is 4. The van der Waals surface area contributed by atoms with Gasteiger partial charge in [0.05, 0.1) is 23.6 Å². The minimum absolute atomic E-state index is 0.0318. The normalized spacial score (nSPS) is 16.8. The van der Waals surface area contributed by atoms with Crippen LogP contribution < -0.4 is 5.73 Å². The van der Waals surface area contributed by atoms with Crippen LogP contribution in [-0.4, -0.2) is 38.4 Å². The van der Waals surface area contributed by atoms with Gasteiger partial charge in [0.1, 0.15) is 0 Å². The maximum Gasteiger partial charge on any atom is 0.256 e. The minimum Gasteiger partial charge on any atom is -0.399 e. The lowest BCUT2D eigenvalue weighted by atomic mass is 10.0. The van der Waals surface area contributed by atoms with Gasteiger partial charge in [-0.25, -0.2) is 0 Å². The monoisotopic (exact) mass is 347 g/mol. The summed E-state index contributed by atoms with van der Waals surface area (Å²) in [6, 6.07) is 15.6. The number of nitrogens with two attached hydrogens (primary N) is 1. The van der Waals surface area contributed by atoms with Crippen molar-refractivity contribution in [1.29, 1.82) is 0 Å². The molecule has 3 aromatic rings. The van der Waals surface area contributed by atoms with Gasteiger partial charge in [0.2, 0.25) is 0 Å². The highest BCUT2D eigenvalue weighted by atomic mass is 16.2. The highest BCUT2D eigenvalue weighted by Crippen LogP contribution is 2.25. The summed E-state index contributed by atoms with van der Waals surface area (Å²) in [5, 5.41) is 8.35. The summed E-state index contributed by atoms with van der Waals surface area (Å²) >= 11 is 0. The smallest absolute Gasteiger partial charge is 0.256 e. The molecule has 1 atom stereocenters. The second kappa shape index (κ2) is 7.00. The fraction of sp³-hybridized carbons (Fsp3) is 0.250. The zero-order valence-corrected chi connectivity index (χ0v) is 14.5. The van der Waals surface area contributed by atoms with Crippen LogP contribution in [0, 0.1) is 0 Å². The summed E-state index contributed by atoms with van der Waals surface area (Å²) in [6.07, 6.45) is 6.06. The molecule has 1 fully saturated rings. The Labute approximate surface area is 152 Å². The Morgan fingerprint density at radius 2 is 1.92 bits per heavy atom. The molecule has 1 aliphatic rings. The fourth-order valence-corrected chi connectivity index (χ4v) is 3.63. The van der Waals surface area contributed by atoms with E-state index in [4.69, 9.17) is 5.73 Å². The zero-order valence-electron chi connectivity index (χ0n) is 14.5. The summed E-state index contributed by atoms with van der Waals surface area (Å²) in [5.41, 5.74) is 9.15. The standard InChI is InChI=1S/C20H21N5O/c21-16-6-3-5-15(13-16)14-17-7-4-12-24(17)20(26)18-8-1-2-9-19(18)25-22-10-11-23-25/h1-3,5-6,8-11,13,17H,4,7,12,14,21H2/t17-/m0/s1. The van der Waals surface area contributed by atoms with Crippen LogP contribution in [-0.2, 0) is 6.42 Å². The number of hydrogen-bond acceptors (Lipinski definition) is 4. The molecule has 1 aromatic heterocycles. The van der Waals surface area contributed by atoms with E-state index in [0.29, 0.717) is 11.3 Å². The number of para-hydroxylation sites is 1. The van der Waals surface area contributed by atoms with Gasteiger partial charge in [-0.1, -0.05) is 24.3 Å². The third-order valence-corrected chi connectivity index (χ3v) is 4.83. The number of likely N-dealkylation sites (tertiary alicyclic amines) is 1. The lowest BCUT2D eigenvalue weighted by Gasteiger charge is -2.26. The molecule has 0 spiro atoms. The molecule has 0 bridgehead atoms. The first-order valence-electron chi connectivity index (χ1n) is 8.83. The Bertz CT molecular complexity index is 906. The number of nitrogens with zero attached hydrogens (tertiary/aromatic N) is 4. The molecule has 6 nitrogen and oxygen atoms in total. The number of hydrogen-bond donors (Lipinski definition) is 1. The molecule has 6 heteroatoms. The van der Waals surface area contributed by atoms with Crippen molar-refractivity contribution >= 4 is 11.6 Å². The predicted molar refractivity (Wildman–Crippen MR) is 100.0 cm³/mol. The van der Waals surface area contributed by atoms with Gasteiger partial charge in [0.25, 0.3) is 5.91 Å². The van der Waals surface area contributed by atoms with E-state index >= 15 is 0 Å². The number of anilines is 1. The van der Waals surface area contributed by atoms with Crippen molar-refractivity contribution in [2.75, 3.05) is 12.3 Å². The Balaban J connectivity index is 1.60. The molecular weight excluding hydrogens is 326 g/mol. The van der Waals surface area contributed by atoms with Crippen molar-refractivity contribution in [2.45, 2.75) is 25.3 Å². The lowest BCUT2D eigenvalue weighted by molar-refractivity contribution is 0.0736. The van der Waals surface area contributed by atoms with Gasteiger partial charge in [-0.05, 0) is 49.1 Å². The topological polar surface area (TPSA) is 77.0 Å². The fourth-order valence-electron chi connectivity index (χ4n) is 3.63. The van der Waals surface area contributed by atoms with Crippen LogP contribution in [0.25, 0.3) is 5.69 Å². The summed E-state index contributed by atoms with van der Waals surface area (Å²) in [7, 11) is 0. The lowest BCUT2D eigenvalue weighted by Crippen LogP contribution is -2.37. The van der Waals surface area contributed by atoms with Crippen molar-refractivity contribution in [3.63, 3.8) is 0 Å². The highest BCUT2D eigenvalue weighted by Gasteiger charge is 2.31. The van der Waals surface area contributed by atoms with Crippen LogP contribution in [0.2, 0.25) is 0 Å². The second-order valence-electron chi connectivity index (χ2n) is 6.58. The first-order chi connectivity index (χ1) is 12.7. The average Bonchev–Trinajstić information content (AvgIpc) is 3.33. The molecule has 0 unspecified atom stereocenters. The first kappa shape index (κ1) is 16.3. The zero-order chi connectivity index (χ0) is 17.9. The summed E-state index contributed by atoms with van der Waals surface area (Å²) in [4.78, 5) is 16.7. The number of aromatic nitrogens is 3. The number of amides is 1. The molecule has 132 valence electrons. The quantitative estimate of drug-likeness (QED) is 0.736. The van der Waals surface area contributed by atoms with Gasteiger partial charge in [-0.15, -0.1) is 0 Å². The number of carbonyl (C=O) groups excluding carboxylic acids is 1. The van der Waals surface area contributed by atoms with E-state index in [9.17, 15) is 4.79 Å². The van der Waals surface area contributed by atoms with Gasteiger partial charge >= 0.3 is 0 Å². The Hall–Kier alpha value is -3.15. The molecular formula is C20H21N5O. The van der Waals surface area contributed by atoms with Gasteiger partial charge in [-0.2, -0.15) is 15.0 Å². The maximum absolute atomic E-state index is 13.3. The SMILES string of the molecule is Nc1cccc(C[C@@H]2CCCN2C(=O)c2ccccc2-n2nccn2)c1. The molecule has 2 heterocycles. The van der Waals surface area contributed by atoms with Crippen LogP contribution in [0.3, 0.4) is 0 Å². The molecule has 0 saturated carbocycles. The van der Waals surface area contributed by atoms with Crippen LogP contribution in [0.15, 0.2) is 60.9 Å². The van der Waals surface area contributed by atoms with Gasteiger partial charge in [-0.3, -0.25) is 4.79 Å². The molecule has 0 aliphatic carbocycles. The molecule has 26 heavy (non-hydrogen) atoms. The summed E-state index contributed by atoms with van der Waals surface area (Å²) in [6.45, 7) is 0.771. The van der Waals surface area contributed by atoms with E-state index in [0.717, 1.165) is 37.1 Å². The molecule has 1 aliphatic heterocycles. The van der Waals surface area contributed by atoms with Crippen LogP contribution in [0.4, 0.5) is 5.69 Å². The van der Waals surface area contributed by atoms with Crippen LogP contribution in [0.1, 0.15) is 28.8 Å². The van der Waals surface area contributed by atoms with E-state index in [1.807, 2.05) is 47.4 Å². The molecule has 1 amide bonds. The maximum atomic E-state index is 13.3. The Morgan fingerprint density at radius 1 is 1.12 bits per heavy atom. The van der Waals surface area contributed by atoms with E-state index in [2.05, 4.69) is 16.3 Å². The number of carbonyl (C=O) groups is 1. The summed E-state index contributed by atoms with van der Waals surface area (Å²) < 4.78 is 0. The van der Waals surface area contributed by atoms with E-state index in [1.54, 1.807) is 12.4 Å². The Morgan fingerprint density at radius 3 is 2.73 bits per heavy atom. The molecule has 1 saturated heterocycles. The van der Waals surface area contributed by atoms with E-state index in [-0.39, 0.29) is 11.9 Å². The predicted octanol–water partition coefficient (Wildman–Crippen LogP) is 2.70. The van der Waals surface area contributed by atoms with Crippen LogP contribution >= 0.6 is 0 Å². The van der Waals surface area contributed by atoms with Gasteiger partial charge in [0, 0.05) is 18.3 Å². The molecule has 2 aromatic carbocycles. The second-order valence-corrected chi connectivity index (χ2v) is 6.58. The van der Waals surface area contributed by atoms with Crippen molar-refractivity contribution < 1.29 is 4.79 Å². The van der Waals surface area contributed by atoms with Crippen molar-refractivity contribution in [1.82, 2.24) is 19.9 Å². The molecule has 4 rings (SSSR count). The highest BCUT2D eigenvalue weighted by molar-refractivity contribution is 5.98. The number of benzene rings is 2. The minimum atomic E-state index is 0.0318. The first-order valence-corrected chi connectivity index (χ1v) is 8.83. The average molecular weight is 347 g/mol. The van der Waals surface area contributed by atoms with E-state index < -0.39 is 0 Å². The Kier molecular flexibility index (Phi) is 4.39. The van der Waals surface area contributed by atoms with Crippen LogP contribution in [0.5, 0.6) is 0 Å². The van der Waals surface area contributed by atoms with Gasteiger partial charge in [0.15, 0.2) is 0 Å². The largest absolute Gasteiger partial charge is 0.399 e. The van der Waals surface area contributed by atoms with E-state index in [1.165, 1.54) is 4.80 Å². The summed E-state index contributed by atoms with van der Waals surface area (Å²) in [5.74, 6) is 0.0318. The molecule has 0 radical (unpaired) electrons. The van der Waals surface area contributed by atoms with Crippen molar-refractivity contribution in [2.24, 2.45) is 0 Å². The van der Waals surface area contributed by atoms with Crippen molar-refractivity contribution in [3.05, 3.63) is 72.1 Å². The third kappa shape index (κ3) is 3.18. The third-order valence-electron chi connectivity index (χ3n) is 4.83. The number of nitrogen functional groups attached to an aromatic ring is 1. The van der Waals surface area contributed by atoms with Gasteiger partial charge < -0.3 is 10.6 Å².